The van der Waals surface area contributed by atoms with Gasteiger partial charge in [0, 0.05) is 5.56 Å². The van der Waals surface area contributed by atoms with E-state index in [4.69, 9.17) is 16.3 Å². The molecule has 19 heavy (non-hydrogen) atoms. The van der Waals surface area contributed by atoms with Crippen molar-refractivity contribution in [3.8, 4) is 11.5 Å². The van der Waals surface area contributed by atoms with Gasteiger partial charge in [-0.1, -0.05) is 23.4 Å². The third kappa shape index (κ3) is 3.18. The Balaban J connectivity index is 2.15. The maximum atomic E-state index is 10.9. The molecule has 0 spiro atoms. The number of carbonyl (C=O) groups is 1. The van der Waals surface area contributed by atoms with Gasteiger partial charge in [-0.3, -0.25) is 4.79 Å². The lowest BCUT2D eigenvalue weighted by Crippen LogP contribution is -2.19. The fourth-order valence-electron chi connectivity index (χ4n) is 1.35. The number of carbonyl (C=O) groups excluding carboxylic acids is 1. The van der Waals surface area contributed by atoms with Crippen molar-refractivity contribution < 1.29 is 14.6 Å². The molecule has 0 radical (unpaired) electrons. The molecule has 1 heterocycles. The zero-order valence-corrected chi connectivity index (χ0v) is 11.5. The Labute approximate surface area is 118 Å². The fraction of sp³-hybridized carbons (Fsp3) is 0.182. The Morgan fingerprint density at radius 1 is 1.58 bits per heavy atom. The van der Waals surface area contributed by atoms with Crippen LogP contribution < -0.4 is 10.1 Å². The first-order valence-electron chi connectivity index (χ1n) is 5.21. The molecule has 0 saturated carbocycles. The lowest BCUT2D eigenvalue weighted by molar-refractivity contribution is -0.116. The SMILES string of the molecule is COc1ccc(C=NN=C2NC(=O)CS2)c(Cl)c1O. The summed E-state index contributed by atoms with van der Waals surface area (Å²) in [6.07, 6.45) is 1.39. The predicted octanol–water partition coefficient (Wildman–Crippen LogP) is 1.61. The van der Waals surface area contributed by atoms with Crippen LogP contribution in [-0.4, -0.2) is 35.3 Å². The molecule has 1 aromatic rings. The number of hydrogen-bond acceptors (Lipinski definition) is 6. The van der Waals surface area contributed by atoms with Crippen LogP contribution >= 0.6 is 23.4 Å². The van der Waals surface area contributed by atoms with Gasteiger partial charge >= 0.3 is 0 Å². The summed E-state index contributed by atoms with van der Waals surface area (Å²) in [5.41, 5.74) is 0.499. The van der Waals surface area contributed by atoms with E-state index in [1.165, 1.54) is 25.1 Å². The monoisotopic (exact) mass is 299 g/mol. The van der Waals surface area contributed by atoms with Crippen LogP contribution in [0.25, 0.3) is 0 Å². The molecule has 0 atom stereocenters. The third-order valence-electron chi connectivity index (χ3n) is 2.26. The number of ether oxygens (including phenoxy) is 1. The lowest BCUT2D eigenvalue weighted by atomic mass is 10.2. The number of phenolic OH excluding ortho intramolecular Hbond substituents is 1. The van der Waals surface area contributed by atoms with Gasteiger partial charge in [0.2, 0.25) is 5.91 Å². The van der Waals surface area contributed by atoms with E-state index in [2.05, 4.69) is 15.5 Å². The number of nitrogens with one attached hydrogen (secondary N) is 1. The zero-order valence-electron chi connectivity index (χ0n) is 9.88. The summed E-state index contributed by atoms with van der Waals surface area (Å²) >= 11 is 7.22. The van der Waals surface area contributed by atoms with Crippen LogP contribution in [0.2, 0.25) is 5.02 Å². The number of methoxy groups -OCH3 is 1. The van der Waals surface area contributed by atoms with Crippen molar-refractivity contribution in [2.75, 3.05) is 12.9 Å². The highest BCUT2D eigenvalue weighted by molar-refractivity contribution is 8.15. The second-order valence-electron chi connectivity index (χ2n) is 3.51. The van der Waals surface area contributed by atoms with Crippen LogP contribution in [0.3, 0.4) is 0 Å². The van der Waals surface area contributed by atoms with E-state index in [1.807, 2.05) is 0 Å². The number of thioether (sulfide) groups is 1. The predicted molar refractivity (Wildman–Crippen MR) is 75.3 cm³/mol. The molecule has 1 saturated heterocycles. The van der Waals surface area contributed by atoms with Gasteiger partial charge < -0.3 is 15.2 Å². The number of nitrogens with zero attached hydrogens (tertiary/aromatic N) is 2. The average Bonchev–Trinajstić information content (AvgIpc) is 2.81. The maximum Gasteiger partial charge on any atom is 0.236 e. The van der Waals surface area contributed by atoms with Crippen LogP contribution in [0, 0.1) is 0 Å². The molecule has 0 aliphatic carbocycles. The van der Waals surface area contributed by atoms with E-state index in [-0.39, 0.29) is 22.4 Å². The molecule has 100 valence electrons. The number of amidine groups is 1. The van der Waals surface area contributed by atoms with E-state index in [9.17, 15) is 9.90 Å². The van der Waals surface area contributed by atoms with Crippen molar-refractivity contribution in [2.45, 2.75) is 0 Å². The van der Waals surface area contributed by atoms with Gasteiger partial charge in [0.25, 0.3) is 0 Å². The molecule has 1 fully saturated rings. The summed E-state index contributed by atoms with van der Waals surface area (Å²) in [7, 11) is 1.44. The highest BCUT2D eigenvalue weighted by Gasteiger charge is 2.16. The minimum atomic E-state index is -0.149. The highest BCUT2D eigenvalue weighted by Crippen LogP contribution is 2.35. The molecule has 8 heteroatoms. The van der Waals surface area contributed by atoms with Crippen LogP contribution in [0.15, 0.2) is 22.3 Å². The lowest BCUT2D eigenvalue weighted by Gasteiger charge is -2.06. The van der Waals surface area contributed by atoms with Gasteiger partial charge in [0.05, 0.1) is 24.1 Å². The Morgan fingerprint density at radius 2 is 2.37 bits per heavy atom. The molecule has 0 unspecified atom stereocenters. The second kappa shape index (κ2) is 5.94. The molecular weight excluding hydrogens is 290 g/mol. The van der Waals surface area contributed by atoms with Gasteiger partial charge in [0.1, 0.15) is 0 Å². The molecule has 6 nitrogen and oxygen atoms in total. The van der Waals surface area contributed by atoms with Gasteiger partial charge in [-0.2, -0.15) is 5.10 Å². The molecule has 0 bridgehead atoms. The van der Waals surface area contributed by atoms with Crippen molar-refractivity contribution in [3.05, 3.63) is 22.7 Å². The number of amides is 1. The van der Waals surface area contributed by atoms with E-state index in [0.717, 1.165) is 0 Å². The van der Waals surface area contributed by atoms with Crippen molar-refractivity contribution in [2.24, 2.45) is 10.2 Å². The van der Waals surface area contributed by atoms with Gasteiger partial charge in [-0.05, 0) is 12.1 Å². The number of phenols is 1. The number of aromatic hydroxyl groups is 1. The Kier molecular flexibility index (Phi) is 4.28. The molecule has 2 rings (SSSR count). The quantitative estimate of drug-likeness (QED) is 0.656. The summed E-state index contributed by atoms with van der Waals surface area (Å²) in [6, 6.07) is 3.22. The topological polar surface area (TPSA) is 83.3 Å². The van der Waals surface area contributed by atoms with Crippen LogP contribution in [-0.2, 0) is 4.79 Å². The summed E-state index contributed by atoms with van der Waals surface area (Å²) in [5.74, 6) is 0.383. The summed E-state index contributed by atoms with van der Waals surface area (Å²) < 4.78 is 4.92. The Hall–Kier alpha value is -1.73. The molecule has 1 aromatic carbocycles. The van der Waals surface area contributed by atoms with Crippen molar-refractivity contribution in [3.63, 3.8) is 0 Å². The first-order valence-corrected chi connectivity index (χ1v) is 6.57. The largest absolute Gasteiger partial charge is 0.503 e. The fourth-order valence-corrected chi connectivity index (χ4v) is 2.19. The molecule has 1 amide bonds. The third-order valence-corrected chi connectivity index (χ3v) is 3.52. The minimum Gasteiger partial charge on any atom is -0.503 e. The summed E-state index contributed by atoms with van der Waals surface area (Å²) in [5, 5.41) is 20.5. The minimum absolute atomic E-state index is 0.0981. The van der Waals surface area contributed by atoms with Gasteiger partial charge in [0.15, 0.2) is 16.7 Å². The van der Waals surface area contributed by atoms with Crippen molar-refractivity contribution in [1.82, 2.24) is 5.32 Å². The molecular formula is C11H10ClN3O3S. The summed E-state index contributed by atoms with van der Waals surface area (Å²) in [6.45, 7) is 0. The second-order valence-corrected chi connectivity index (χ2v) is 4.85. The maximum absolute atomic E-state index is 10.9. The number of hydrogen-bond donors (Lipinski definition) is 2. The number of halogens is 1. The molecule has 0 aromatic heterocycles. The standard InChI is InChI=1S/C11H10ClN3O3S/c1-18-7-3-2-6(9(12)10(7)17)4-13-15-11-14-8(16)5-19-11/h2-4,17H,5H2,1H3,(H,14,15,16). The van der Waals surface area contributed by atoms with E-state index >= 15 is 0 Å². The summed E-state index contributed by atoms with van der Waals surface area (Å²) in [4.78, 5) is 10.9. The Morgan fingerprint density at radius 3 is 3.00 bits per heavy atom. The average molecular weight is 300 g/mol. The molecule has 1 aliphatic rings. The van der Waals surface area contributed by atoms with E-state index < -0.39 is 0 Å². The van der Waals surface area contributed by atoms with Crippen LogP contribution in [0.4, 0.5) is 0 Å². The normalized spacial score (nSPS) is 17.2. The van der Waals surface area contributed by atoms with Gasteiger partial charge in [-0.15, -0.1) is 5.10 Å². The Bertz CT molecular complexity index is 575. The molecule has 1 aliphatic heterocycles. The molecule has 2 N–H and O–H groups in total. The first-order chi connectivity index (χ1) is 9.11. The van der Waals surface area contributed by atoms with Crippen molar-refractivity contribution in [1.29, 1.82) is 0 Å². The zero-order chi connectivity index (χ0) is 13.8. The van der Waals surface area contributed by atoms with Crippen molar-refractivity contribution >= 4 is 40.7 Å². The number of rotatable bonds is 3. The van der Waals surface area contributed by atoms with Crippen LogP contribution in [0.1, 0.15) is 5.56 Å². The van der Waals surface area contributed by atoms with Crippen LogP contribution in [0.5, 0.6) is 11.5 Å². The smallest absolute Gasteiger partial charge is 0.236 e. The first kappa shape index (κ1) is 13.7. The number of benzene rings is 1. The van der Waals surface area contributed by atoms with Gasteiger partial charge in [-0.25, -0.2) is 0 Å². The highest BCUT2D eigenvalue weighted by atomic mass is 35.5. The van der Waals surface area contributed by atoms with E-state index in [0.29, 0.717) is 16.5 Å². The van der Waals surface area contributed by atoms with E-state index in [1.54, 1.807) is 12.1 Å².